The third-order valence-corrected chi connectivity index (χ3v) is 4.29. The van der Waals surface area contributed by atoms with E-state index in [1.165, 1.54) is 31.3 Å². The summed E-state index contributed by atoms with van der Waals surface area (Å²) >= 11 is 0. The Bertz CT molecular complexity index is 975. The van der Waals surface area contributed by atoms with E-state index in [-0.39, 0.29) is 24.4 Å². The monoisotopic (exact) mass is 443 g/mol. The van der Waals surface area contributed by atoms with Gasteiger partial charge in [0, 0.05) is 31.3 Å². The van der Waals surface area contributed by atoms with E-state index < -0.39 is 47.8 Å². The number of aliphatic hydroxyl groups excluding tert-OH is 1. The van der Waals surface area contributed by atoms with Crippen LogP contribution in [0.5, 0.6) is 17.4 Å². The first-order valence-electron chi connectivity index (χ1n) is 8.95. The van der Waals surface area contributed by atoms with Gasteiger partial charge in [0.2, 0.25) is 5.88 Å². The standard InChI is InChI=1S/C19H17F4N3O5/c1-24-18(29)31-12-6-15(19(21,22)23)25-16(7-12)30-11-4-2-3-10(5-11)17(28)26-8-13(20)14(27)9-26/h2-7,13-14,27H,8-9H2,1H3,(H,24,29)/t13-,14-/m1/s1. The van der Waals surface area contributed by atoms with Crippen LogP contribution in [0.3, 0.4) is 0 Å². The van der Waals surface area contributed by atoms with Gasteiger partial charge in [-0.2, -0.15) is 13.2 Å². The second-order valence-corrected chi connectivity index (χ2v) is 6.59. The molecule has 8 nitrogen and oxygen atoms in total. The fourth-order valence-electron chi connectivity index (χ4n) is 2.80. The number of aromatic nitrogens is 1. The Morgan fingerprint density at radius 1 is 1.19 bits per heavy atom. The van der Waals surface area contributed by atoms with Crippen LogP contribution in [0.1, 0.15) is 16.1 Å². The molecule has 2 atom stereocenters. The summed E-state index contributed by atoms with van der Waals surface area (Å²) in [5.41, 5.74) is -1.27. The second-order valence-electron chi connectivity index (χ2n) is 6.59. The van der Waals surface area contributed by atoms with Gasteiger partial charge >= 0.3 is 12.3 Å². The number of halogens is 4. The molecule has 166 valence electrons. The summed E-state index contributed by atoms with van der Waals surface area (Å²) in [6.45, 7) is -0.457. The molecule has 1 aromatic carbocycles. The average Bonchev–Trinajstić information content (AvgIpc) is 3.05. The topological polar surface area (TPSA) is 101 Å². The third-order valence-electron chi connectivity index (χ3n) is 4.29. The summed E-state index contributed by atoms with van der Waals surface area (Å²) in [5.74, 6) is -1.59. The van der Waals surface area contributed by atoms with Crippen molar-refractivity contribution in [3.05, 3.63) is 47.7 Å². The minimum atomic E-state index is -4.84. The van der Waals surface area contributed by atoms with Gasteiger partial charge in [-0.1, -0.05) is 6.07 Å². The smallest absolute Gasteiger partial charge is 0.433 e. The molecule has 1 saturated heterocycles. The summed E-state index contributed by atoms with van der Waals surface area (Å²) in [7, 11) is 1.23. The molecule has 2 amide bonds. The van der Waals surface area contributed by atoms with Gasteiger partial charge in [0.1, 0.15) is 23.8 Å². The minimum Gasteiger partial charge on any atom is -0.439 e. The first-order valence-corrected chi connectivity index (χ1v) is 8.95. The van der Waals surface area contributed by atoms with Gasteiger partial charge in [-0.3, -0.25) is 4.79 Å². The van der Waals surface area contributed by atoms with E-state index in [0.29, 0.717) is 6.07 Å². The van der Waals surface area contributed by atoms with Crippen molar-refractivity contribution >= 4 is 12.0 Å². The van der Waals surface area contributed by atoms with Crippen LogP contribution in [0, 0.1) is 0 Å². The predicted molar refractivity (Wildman–Crippen MR) is 97.6 cm³/mol. The van der Waals surface area contributed by atoms with Crippen molar-refractivity contribution < 1.29 is 41.7 Å². The van der Waals surface area contributed by atoms with Crippen LogP contribution < -0.4 is 14.8 Å². The third kappa shape index (κ3) is 5.40. The van der Waals surface area contributed by atoms with E-state index >= 15 is 0 Å². The highest BCUT2D eigenvalue weighted by Gasteiger charge is 2.35. The van der Waals surface area contributed by atoms with E-state index in [0.717, 1.165) is 11.0 Å². The highest BCUT2D eigenvalue weighted by molar-refractivity contribution is 5.94. The fraction of sp³-hybridized carbons (Fsp3) is 0.316. The zero-order valence-electron chi connectivity index (χ0n) is 16.0. The van der Waals surface area contributed by atoms with Crippen LogP contribution in [-0.4, -0.2) is 59.4 Å². The van der Waals surface area contributed by atoms with Crippen molar-refractivity contribution in [3.8, 4) is 17.4 Å². The van der Waals surface area contributed by atoms with E-state index in [1.807, 2.05) is 0 Å². The van der Waals surface area contributed by atoms with Crippen LogP contribution in [0.2, 0.25) is 0 Å². The SMILES string of the molecule is CNC(=O)Oc1cc(Oc2cccc(C(=O)N3C[C@@H](O)[C@H](F)C3)c2)nc(C(F)(F)F)c1. The van der Waals surface area contributed by atoms with Crippen molar-refractivity contribution in [3.63, 3.8) is 0 Å². The van der Waals surface area contributed by atoms with E-state index in [4.69, 9.17) is 9.47 Å². The number of hydrogen-bond donors (Lipinski definition) is 2. The molecule has 0 unspecified atom stereocenters. The fourth-order valence-corrected chi connectivity index (χ4v) is 2.80. The van der Waals surface area contributed by atoms with Crippen LogP contribution >= 0.6 is 0 Å². The zero-order valence-corrected chi connectivity index (χ0v) is 16.0. The maximum atomic E-state index is 13.5. The number of amides is 2. The number of rotatable bonds is 4. The maximum Gasteiger partial charge on any atom is 0.433 e. The van der Waals surface area contributed by atoms with Crippen LogP contribution in [-0.2, 0) is 6.18 Å². The molecule has 2 heterocycles. The second kappa shape index (κ2) is 8.76. The quantitative estimate of drug-likeness (QED) is 0.705. The van der Waals surface area contributed by atoms with Crippen molar-refractivity contribution in [1.82, 2.24) is 15.2 Å². The van der Waals surface area contributed by atoms with Crippen molar-refractivity contribution in [2.45, 2.75) is 18.5 Å². The Kier molecular flexibility index (Phi) is 6.29. The summed E-state index contributed by atoms with van der Waals surface area (Å²) in [6.07, 6.45) is -8.66. The Morgan fingerprint density at radius 3 is 2.55 bits per heavy atom. The van der Waals surface area contributed by atoms with Gasteiger partial charge in [-0.25, -0.2) is 14.2 Å². The maximum absolute atomic E-state index is 13.5. The summed E-state index contributed by atoms with van der Waals surface area (Å²) < 4.78 is 63.0. The van der Waals surface area contributed by atoms with E-state index in [2.05, 4.69) is 10.3 Å². The lowest BCUT2D eigenvalue weighted by molar-refractivity contribution is -0.141. The molecule has 0 aliphatic carbocycles. The van der Waals surface area contributed by atoms with Crippen LogP contribution in [0.15, 0.2) is 36.4 Å². The molecule has 0 bridgehead atoms. The average molecular weight is 443 g/mol. The molecule has 0 saturated carbocycles. The molecule has 1 fully saturated rings. The number of benzene rings is 1. The van der Waals surface area contributed by atoms with Gasteiger partial charge in [0.25, 0.3) is 5.91 Å². The molecule has 2 aromatic rings. The molecule has 3 rings (SSSR count). The van der Waals surface area contributed by atoms with Crippen molar-refractivity contribution in [2.75, 3.05) is 20.1 Å². The lowest BCUT2D eigenvalue weighted by Gasteiger charge is -2.16. The van der Waals surface area contributed by atoms with Gasteiger partial charge in [-0.15, -0.1) is 0 Å². The molecule has 0 radical (unpaired) electrons. The molecule has 1 aliphatic rings. The van der Waals surface area contributed by atoms with Crippen LogP contribution in [0.25, 0.3) is 0 Å². The summed E-state index contributed by atoms with van der Waals surface area (Å²) in [4.78, 5) is 28.3. The largest absolute Gasteiger partial charge is 0.439 e. The van der Waals surface area contributed by atoms with Crippen molar-refractivity contribution in [1.29, 1.82) is 0 Å². The van der Waals surface area contributed by atoms with Crippen molar-refractivity contribution in [2.24, 2.45) is 0 Å². The number of likely N-dealkylation sites (tertiary alicyclic amines) is 1. The van der Waals surface area contributed by atoms with Gasteiger partial charge < -0.3 is 24.8 Å². The van der Waals surface area contributed by atoms with E-state index in [1.54, 1.807) is 0 Å². The first-order chi connectivity index (χ1) is 14.6. The highest BCUT2D eigenvalue weighted by atomic mass is 19.4. The Labute approximate surface area is 173 Å². The zero-order chi connectivity index (χ0) is 22.8. The molecule has 2 N–H and O–H groups in total. The Balaban J connectivity index is 1.85. The summed E-state index contributed by atoms with van der Waals surface area (Å²) in [5, 5.41) is 11.6. The number of nitrogens with zero attached hydrogens (tertiary/aromatic N) is 2. The number of β-amino-alcohol motifs (C(OH)–C–C–N with tert-alkyl or cyclic N) is 1. The number of carbonyl (C=O) groups is 2. The first kappa shape index (κ1) is 22.3. The molecule has 12 heteroatoms. The number of aliphatic hydroxyl groups is 1. The van der Waals surface area contributed by atoms with E-state index in [9.17, 15) is 32.3 Å². The predicted octanol–water partition coefficient (Wildman–Crippen LogP) is 2.77. The number of hydrogen-bond acceptors (Lipinski definition) is 6. The number of ether oxygens (including phenoxy) is 2. The molecule has 1 aromatic heterocycles. The van der Waals surface area contributed by atoms with Gasteiger partial charge in [0.05, 0.1) is 6.54 Å². The lowest BCUT2D eigenvalue weighted by atomic mass is 10.2. The van der Waals surface area contributed by atoms with Gasteiger partial charge in [0.15, 0.2) is 5.69 Å². The number of carbonyl (C=O) groups excluding carboxylic acids is 2. The molecule has 1 aliphatic heterocycles. The molecular formula is C19H17F4N3O5. The number of pyridine rings is 1. The highest BCUT2D eigenvalue weighted by Crippen LogP contribution is 2.34. The van der Waals surface area contributed by atoms with Crippen LogP contribution in [0.4, 0.5) is 22.4 Å². The normalized spacial score (nSPS) is 18.6. The molecule has 0 spiro atoms. The number of alkyl halides is 4. The summed E-state index contributed by atoms with van der Waals surface area (Å²) in [6, 6.07) is 6.94. The molecule has 31 heavy (non-hydrogen) atoms. The van der Waals surface area contributed by atoms with Gasteiger partial charge in [-0.05, 0) is 18.2 Å². The Morgan fingerprint density at radius 2 is 1.94 bits per heavy atom. The Hall–Kier alpha value is -3.41. The minimum absolute atomic E-state index is 0.0277. The molecular weight excluding hydrogens is 426 g/mol. The number of nitrogens with one attached hydrogen (secondary N) is 1. The lowest BCUT2D eigenvalue weighted by Crippen LogP contribution is -2.29.